The SMILES string of the molecule is COc1ccc2nccc([C@@H](F)CC[C@@H]3CCN(CCCc4ccc(Cl)cc4)C[C@@H]3CC(=O)O)c2c1. The number of hydrogen-bond acceptors (Lipinski definition) is 4. The van der Waals surface area contributed by atoms with Gasteiger partial charge in [0, 0.05) is 29.6 Å². The Labute approximate surface area is 217 Å². The minimum Gasteiger partial charge on any atom is -0.497 e. The van der Waals surface area contributed by atoms with Crippen LogP contribution < -0.4 is 4.74 Å². The Bertz CT molecular complexity index is 1160. The summed E-state index contributed by atoms with van der Waals surface area (Å²) in [4.78, 5) is 18.3. The molecule has 1 saturated heterocycles. The average Bonchev–Trinajstić information content (AvgIpc) is 2.88. The van der Waals surface area contributed by atoms with Crippen molar-refractivity contribution in [2.75, 3.05) is 26.7 Å². The fourth-order valence-electron chi connectivity index (χ4n) is 5.42. The molecule has 0 amide bonds. The molecular weight excluding hydrogens is 479 g/mol. The lowest BCUT2D eigenvalue weighted by Crippen LogP contribution is -2.42. The number of hydrogen-bond donors (Lipinski definition) is 1. The van der Waals surface area contributed by atoms with Crippen molar-refractivity contribution < 1.29 is 19.0 Å². The first-order chi connectivity index (χ1) is 17.4. The van der Waals surface area contributed by atoms with E-state index in [1.165, 1.54) is 5.56 Å². The van der Waals surface area contributed by atoms with E-state index < -0.39 is 12.1 Å². The van der Waals surface area contributed by atoms with Crippen molar-refractivity contribution in [2.45, 2.75) is 44.7 Å². The van der Waals surface area contributed by atoms with E-state index in [2.05, 4.69) is 22.0 Å². The van der Waals surface area contributed by atoms with Crippen molar-refractivity contribution in [1.29, 1.82) is 0 Å². The highest BCUT2D eigenvalue weighted by Gasteiger charge is 2.31. The Kier molecular flexibility index (Phi) is 9.16. The summed E-state index contributed by atoms with van der Waals surface area (Å²) in [6.07, 6.45) is 4.56. The monoisotopic (exact) mass is 512 g/mol. The maximum absolute atomic E-state index is 15.5. The summed E-state index contributed by atoms with van der Waals surface area (Å²) in [6.45, 7) is 2.61. The molecule has 1 N–H and O–H groups in total. The van der Waals surface area contributed by atoms with Crippen LogP contribution in [-0.4, -0.2) is 47.7 Å². The number of carboxylic acid groups (broad SMARTS) is 1. The van der Waals surface area contributed by atoms with Gasteiger partial charge in [-0.1, -0.05) is 23.7 Å². The van der Waals surface area contributed by atoms with E-state index in [0.29, 0.717) is 24.2 Å². The highest BCUT2D eigenvalue weighted by atomic mass is 35.5. The molecule has 2 aromatic carbocycles. The molecule has 4 rings (SSSR count). The number of aryl methyl sites for hydroxylation is 1. The molecule has 1 aliphatic heterocycles. The molecule has 36 heavy (non-hydrogen) atoms. The smallest absolute Gasteiger partial charge is 0.303 e. The molecule has 0 bridgehead atoms. The lowest BCUT2D eigenvalue weighted by Gasteiger charge is -2.38. The van der Waals surface area contributed by atoms with Crippen LogP contribution in [0.15, 0.2) is 54.7 Å². The zero-order valence-corrected chi connectivity index (χ0v) is 21.5. The van der Waals surface area contributed by atoms with Crippen LogP contribution in [0.3, 0.4) is 0 Å². The lowest BCUT2D eigenvalue weighted by atomic mass is 9.79. The molecule has 0 spiro atoms. The molecule has 192 valence electrons. The van der Waals surface area contributed by atoms with E-state index in [1.807, 2.05) is 30.3 Å². The van der Waals surface area contributed by atoms with E-state index in [9.17, 15) is 9.90 Å². The molecule has 3 aromatic rings. The fourth-order valence-corrected chi connectivity index (χ4v) is 5.54. The highest BCUT2D eigenvalue weighted by Crippen LogP contribution is 2.36. The number of methoxy groups -OCH3 is 1. The number of fused-ring (bicyclic) bond motifs is 1. The van der Waals surface area contributed by atoms with Gasteiger partial charge in [-0.25, -0.2) is 4.39 Å². The van der Waals surface area contributed by atoms with Crippen LogP contribution in [0.5, 0.6) is 5.75 Å². The van der Waals surface area contributed by atoms with E-state index in [-0.39, 0.29) is 18.3 Å². The molecule has 0 aliphatic carbocycles. The van der Waals surface area contributed by atoms with Gasteiger partial charge >= 0.3 is 5.97 Å². The van der Waals surface area contributed by atoms with Gasteiger partial charge in [0.2, 0.25) is 0 Å². The standard InChI is InChI=1S/C29H34ClFN2O3/c1-36-24-9-11-28-26(18-24)25(12-14-32-28)27(31)10-6-21-13-16-33(19-22(21)17-29(34)35)15-2-3-20-4-7-23(30)8-5-20/h4-5,7-9,11-12,14,18,21-22,27H,2-3,6,10,13,15-17,19H2,1H3,(H,34,35)/t21-,22+,27+/m1/s1. The predicted molar refractivity (Wildman–Crippen MR) is 141 cm³/mol. The number of aromatic nitrogens is 1. The fraction of sp³-hybridized carbons (Fsp3) is 0.448. The van der Waals surface area contributed by atoms with Gasteiger partial charge < -0.3 is 14.7 Å². The molecule has 1 aromatic heterocycles. The van der Waals surface area contributed by atoms with E-state index in [0.717, 1.165) is 54.8 Å². The normalized spacial score (nSPS) is 19.3. The summed E-state index contributed by atoms with van der Waals surface area (Å²) in [6, 6.07) is 15.2. The second-order valence-electron chi connectivity index (χ2n) is 9.77. The minimum atomic E-state index is -1.13. The summed E-state index contributed by atoms with van der Waals surface area (Å²) < 4.78 is 20.8. The predicted octanol–water partition coefficient (Wildman–Crippen LogP) is 6.73. The second kappa shape index (κ2) is 12.5. The number of carboxylic acids is 1. The third kappa shape index (κ3) is 6.95. The summed E-state index contributed by atoms with van der Waals surface area (Å²) in [5.74, 6) is 0.133. The molecule has 3 atom stereocenters. The van der Waals surface area contributed by atoms with E-state index in [1.54, 1.807) is 19.4 Å². The number of benzene rings is 2. The van der Waals surface area contributed by atoms with E-state index in [4.69, 9.17) is 16.3 Å². The second-order valence-corrected chi connectivity index (χ2v) is 10.2. The lowest BCUT2D eigenvalue weighted by molar-refractivity contribution is -0.139. The van der Waals surface area contributed by atoms with Gasteiger partial charge in [-0.2, -0.15) is 0 Å². The maximum atomic E-state index is 15.5. The number of halogens is 2. The zero-order chi connectivity index (χ0) is 25.5. The molecule has 7 heteroatoms. The molecule has 2 heterocycles. The van der Waals surface area contributed by atoms with Crippen molar-refractivity contribution in [3.05, 3.63) is 70.9 Å². The van der Waals surface area contributed by atoms with Gasteiger partial charge in [0.1, 0.15) is 11.9 Å². The van der Waals surface area contributed by atoms with Crippen molar-refractivity contribution in [1.82, 2.24) is 9.88 Å². The number of nitrogens with zero attached hydrogens (tertiary/aromatic N) is 2. The maximum Gasteiger partial charge on any atom is 0.303 e. The Morgan fingerprint density at radius 1 is 1.22 bits per heavy atom. The first-order valence-electron chi connectivity index (χ1n) is 12.7. The van der Waals surface area contributed by atoms with Crippen LogP contribution in [0.4, 0.5) is 4.39 Å². The highest BCUT2D eigenvalue weighted by molar-refractivity contribution is 6.30. The third-order valence-electron chi connectivity index (χ3n) is 7.38. The van der Waals surface area contributed by atoms with Crippen molar-refractivity contribution in [3.63, 3.8) is 0 Å². The van der Waals surface area contributed by atoms with Crippen LogP contribution in [0.2, 0.25) is 5.02 Å². The minimum absolute atomic E-state index is 0.0354. The van der Waals surface area contributed by atoms with Gasteiger partial charge in [-0.15, -0.1) is 0 Å². The largest absolute Gasteiger partial charge is 0.497 e. The summed E-state index contributed by atoms with van der Waals surface area (Å²) in [5, 5.41) is 11.0. The Morgan fingerprint density at radius 2 is 2.03 bits per heavy atom. The van der Waals surface area contributed by atoms with Crippen molar-refractivity contribution >= 4 is 28.5 Å². The number of rotatable bonds is 11. The van der Waals surface area contributed by atoms with Crippen molar-refractivity contribution in [2.24, 2.45) is 11.8 Å². The molecule has 5 nitrogen and oxygen atoms in total. The quantitative estimate of drug-likeness (QED) is 0.308. The van der Waals surface area contributed by atoms with Gasteiger partial charge in [-0.05, 0) is 105 Å². The van der Waals surface area contributed by atoms with Crippen LogP contribution in [0.25, 0.3) is 10.9 Å². The van der Waals surface area contributed by atoms with Crippen LogP contribution in [-0.2, 0) is 11.2 Å². The van der Waals surface area contributed by atoms with Gasteiger partial charge in [0.25, 0.3) is 0 Å². The van der Waals surface area contributed by atoms with E-state index >= 15 is 4.39 Å². The van der Waals surface area contributed by atoms with Crippen molar-refractivity contribution in [3.8, 4) is 5.75 Å². The first kappa shape index (κ1) is 26.4. The van der Waals surface area contributed by atoms with Crippen LogP contribution in [0, 0.1) is 11.8 Å². The van der Waals surface area contributed by atoms with Gasteiger partial charge in [-0.3, -0.25) is 9.78 Å². The molecule has 0 saturated carbocycles. The Morgan fingerprint density at radius 3 is 2.78 bits per heavy atom. The molecule has 1 fully saturated rings. The Balaban J connectivity index is 1.34. The van der Waals surface area contributed by atoms with Gasteiger partial charge in [0.15, 0.2) is 0 Å². The Hall–Kier alpha value is -2.70. The number of piperidine rings is 1. The molecule has 0 unspecified atom stereocenters. The molecule has 1 aliphatic rings. The average molecular weight is 513 g/mol. The first-order valence-corrected chi connectivity index (χ1v) is 13.1. The molecule has 0 radical (unpaired) electrons. The number of alkyl halides is 1. The molecular formula is C29H34ClFN2O3. The number of likely N-dealkylation sites (tertiary alicyclic amines) is 1. The summed E-state index contributed by atoms with van der Waals surface area (Å²) in [7, 11) is 1.59. The number of pyridine rings is 1. The number of ether oxygens (including phenoxy) is 1. The number of aliphatic carboxylic acids is 1. The summed E-state index contributed by atoms with van der Waals surface area (Å²) >= 11 is 5.97. The zero-order valence-electron chi connectivity index (χ0n) is 20.7. The van der Waals surface area contributed by atoms with Crippen LogP contribution >= 0.6 is 11.6 Å². The van der Waals surface area contributed by atoms with Gasteiger partial charge in [0.05, 0.1) is 12.6 Å². The summed E-state index contributed by atoms with van der Waals surface area (Å²) in [5.41, 5.74) is 2.62. The third-order valence-corrected chi connectivity index (χ3v) is 7.63. The van der Waals surface area contributed by atoms with Crippen LogP contribution in [0.1, 0.15) is 49.4 Å². The number of carbonyl (C=O) groups is 1. The topological polar surface area (TPSA) is 62.7 Å².